The Balaban J connectivity index is 1.44. The molecule has 0 atom stereocenters. The Hall–Kier alpha value is -3.76. The Morgan fingerprint density at radius 3 is 2.73 bits per heavy atom. The van der Waals surface area contributed by atoms with Gasteiger partial charge in [0.05, 0.1) is 23.1 Å². The van der Waals surface area contributed by atoms with E-state index in [2.05, 4.69) is 30.5 Å². The summed E-state index contributed by atoms with van der Waals surface area (Å²) in [6.45, 7) is 5.16. The third-order valence-electron chi connectivity index (χ3n) is 5.89. The molecule has 5 rings (SSSR count). The minimum atomic E-state index is -4.77. The van der Waals surface area contributed by atoms with Gasteiger partial charge in [-0.15, -0.1) is 15.3 Å². The molecule has 0 saturated heterocycles. The highest BCUT2D eigenvalue weighted by atomic mass is 19.4. The lowest BCUT2D eigenvalue weighted by molar-refractivity contribution is -0.139. The molecule has 4 heterocycles. The Bertz CT molecular complexity index is 1360. The second-order valence-corrected chi connectivity index (χ2v) is 7.96. The summed E-state index contributed by atoms with van der Waals surface area (Å²) in [5, 5.41) is 15.4. The van der Waals surface area contributed by atoms with Crippen molar-refractivity contribution in [3.05, 3.63) is 70.6 Å². The zero-order valence-corrected chi connectivity index (χ0v) is 17.8. The van der Waals surface area contributed by atoms with Crippen LogP contribution in [0.25, 0.3) is 5.65 Å². The summed E-state index contributed by atoms with van der Waals surface area (Å²) in [6, 6.07) is 4.93. The maximum atomic E-state index is 14.4. The zero-order chi connectivity index (χ0) is 23.3. The van der Waals surface area contributed by atoms with Gasteiger partial charge in [-0.2, -0.15) is 17.7 Å². The van der Waals surface area contributed by atoms with Gasteiger partial charge in [0.2, 0.25) is 0 Å². The molecule has 1 N–H and O–H groups in total. The molecule has 0 unspecified atom stereocenters. The van der Waals surface area contributed by atoms with Crippen LogP contribution in [0, 0.1) is 19.7 Å². The normalized spacial score (nSPS) is 13.9. The monoisotopic (exact) mass is 457 g/mol. The largest absolute Gasteiger partial charge is 0.419 e. The van der Waals surface area contributed by atoms with Crippen LogP contribution < -0.4 is 10.2 Å². The minimum Gasteiger partial charge on any atom is -0.352 e. The number of fused-ring (bicyclic) bond motifs is 2. The van der Waals surface area contributed by atoms with Gasteiger partial charge in [-0.25, -0.2) is 4.39 Å². The summed E-state index contributed by atoms with van der Waals surface area (Å²) in [4.78, 5) is 6.56. The smallest absolute Gasteiger partial charge is 0.352 e. The predicted molar refractivity (Wildman–Crippen MR) is 114 cm³/mol. The van der Waals surface area contributed by atoms with Gasteiger partial charge in [0.25, 0.3) is 0 Å². The van der Waals surface area contributed by atoms with E-state index in [4.69, 9.17) is 0 Å². The van der Waals surface area contributed by atoms with Crippen molar-refractivity contribution in [2.75, 3.05) is 16.8 Å². The highest BCUT2D eigenvalue weighted by Crippen LogP contribution is 2.35. The molecule has 1 aliphatic rings. The van der Waals surface area contributed by atoms with Gasteiger partial charge >= 0.3 is 6.18 Å². The van der Waals surface area contributed by atoms with Crippen molar-refractivity contribution in [1.82, 2.24) is 24.8 Å². The molecule has 33 heavy (non-hydrogen) atoms. The molecular formula is C22H19F4N7. The Morgan fingerprint density at radius 1 is 1.12 bits per heavy atom. The Kier molecular flexibility index (Phi) is 4.91. The molecule has 1 aromatic carbocycles. The first-order chi connectivity index (χ1) is 15.7. The van der Waals surface area contributed by atoms with Gasteiger partial charge in [0.15, 0.2) is 17.3 Å². The molecule has 0 spiro atoms. The number of hydrogen-bond donors (Lipinski definition) is 1. The number of hydrogen-bond acceptors (Lipinski definition) is 6. The van der Waals surface area contributed by atoms with Crippen molar-refractivity contribution >= 4 is 22.8 Å². The van der Waals surface area contributed by atoms with E-state index in [1.165, 1.54) is 18.3 Å². The maximum absolute atomic E-state index is 14.4. The quantitative estimate of drug-likeness (QED) is 0.454. The summed E-state index contributed by atoms with van der Waals surface area (Å²) in [6.07, 6.45) is -1.04. The van der Waals surface area contributed by atoms with E-state index in [1.807, 2.05) is 13.8 Å². The summed E-state index contributed by atoms with van der Waals surface area (Å²) >= 11 is 0. The molecule has 11 heteroatoms. The number of rotatable bonds is 3. The van der Waals surface area contributed by atoms with Crippen LogP contribution >= 0.6 is 0 Å². The molecule has 170 valence electrons. The number of anilines is 3. The molecule has 4 aromatic rings. The van der Waals surface area contributed by atoms with Gasteiger partial charge in [0.1, 0.15) is 6.33 Å². The molecule has 3 aromatic heterocycles. The third kappa shape index (κ3) is 3.73. The van der Waals surface area contributed by atoms with Crippen molar-refractivity contribution in [2.24, 2.45) is 0 Å². The average molecular weight is 457 g/mol. The second-order valence-electron chi connectivity index (χ2n) is 7.96. The van der Waals surface area contributed by atoms with Crippen LogP contribution in [0.5, 0.6) is 0 Å². The van der Waals surface area contributed by atoms with E-state index < -0.39 is 17.6 Å². The van der Waals surface area contributed by atoms with Gasteiger partial charge in [0, 0.05) is 36.3 Å². The number of pyridine rings is 1. The fraction of sp³-hybridized carbons (Fsp3) is 0.273. The van der Waals surface area contributed by atoms with E-state index in [-0.39, 0.29) is 5.69 Å². The van der Waals surface area contributed by atoms with Crippen LogP contribution in [0.1, 0.15) is 27.9 Å². The Morgan fingerprint density at radius 2 is 1.94 bits per heavy atom. The summed E-state index contributed by atoms with van der Waals surface area (Å²) < 4.78 is 55.2. The van der Waals surface area contributed by atoms with E-state index >= 15 is 0 Å². The van der Waals surface area contributed by atoms with Crippen molar-refractivity contribution < 1.29 is 17.6 Å². The van der Waals surface area contributed by atoms with E-state index in [1.54, 1.807) is 16.9 Å². The van der Waals surface area contributed by atoms with Crippen molar-refractivity contribution in [1.29, 1.82) is 0 Å². The summed E-state index contributed by atoms with van der Waals surface area (Å²) in [7, 11) is 0. The van der Waals surface area contributed by atoms with Crippen LogP contribution in [0.4, 0.5) is 34.8 Å². The molecular weight excluding hydrogens is 438 g/mol. The van der Waals surface area contributed by atoms with Gasteiger partial charge < -0.3 is 10.2 Å². The summed E-state index contributed by atoms with van der Waals surface area (Å²) in [5.41, 5.74) is 3.29. The average Bonchev–Trinajstić information content (AvgIpc) is 3.25. The van der Waals surface area contributed by atoms with E-state index in [9.17, 15) is 17.6 Å². The lowest BCUT2D eigenvalue weighted by atomic mass is 10.0. The Labute approximate surface area is 186 Å². The van der Waals surface area contributed by atoms with Gasteiger partial charge in [-0.05, 0) is 37.6 Å². The van der Waals surface area contributed by atoms with Crippen molar-refractivity contribution in [3.63, 3.8) is 0 Å². The highest BCUT2D eigenvalue weighted by Gasteiger charge is 2.35. The standard InChI is InChI=1S/C22H19F4N7/c1-12-13(2)21(31-33-11-28-30-20(12)33)32-7-6-17-14(10-32)8-15(9-27-17)29-18-5-3-4-16(19(18)23)22(24,25)26/h3-5,8-9,11,29H,6-7,10H2,1-2H3. The number of aromatic nitrogens is 5. The van der Waals surface area contributed by atoms with Crippen LogP contribution in [0.2, 0.25) is 0 Å². The van der Waals surface area contributed by atoms with Crippen molar-refractivity contribution in [3.8, 4) is 0 Å². The molecule has 0 amide bonds. The number of aryl methyl sites for hydroxylation is 1. The van der Waals surface area contributed by atoms with E-state index in [0.29, 0.717) is 36.9 Å². The SMILES string of the molecule is Cc1c(N2CCc3ncc(Nc4cccc(C(F)(F)F)c4F)cc3C2)nn2cnnc2c1C. The lowest BCUT2D eigenvalue weighted by Crippen LogP contribution is -2.32. The molecule has 0 fully saturated rings. The minimum absolute atomic E-state index is 0.259. The zero-order valence-electron chi connectivity index (χ0n) is 17.8. The predicted octanol–water partition coefficient (Wildman–Crippen LogP) is 4.60. The molecule has 0 aliphatic carbocycles. The van der Waals surface area contributed by atoms with Gasteiger partial charge in [-0.1, -0.05) is 6.07 Å². The van der Waals surface area contributed by atoms with Crippen LogP contribution in [-0.4, -0.2) is 31.3 Å². The number of alkyl halides is 3. The second kappa shape index (κ2) is 7.68. The molecule has 0 bridgehead atoms. The van der Waals surface area contributed by atoms with Crippen molar-refractivity contribution in [2.45, 2.75) is 33.0 Å². The summed E-state index contributed by atoms with van der Waals surface area (Å²) in [5.74, 6) is -0.547. The van der Waals surface area contributed by atoms with Crippen LogP contribution in [-0.2, 0) is 19.1 Å². The van der Waals surface area contributed by atoms with Crippen LogP contribution in [0.15, 0.2) is 36.8 Å². The lowest BCUT2D eigenvalue weighted by Gasteiger charge is -2.30. The van der Waals surface area contributed by atoms with E-state index in [0.717, 1.165) is 28.2 Å². The molecule has 0 saturated carbocycles. The number of halogens is 4. The molecule has 7 nitrogen and oxygen atoms in total. The van der Waals surface area contributed by atoms with Gasteiger partial charge in [-0.3, -0.25) is 4.98 Å². The van der Waals surface area contributed by atoms with Crippen LogP contribution in [0.3, 0.4) is 0 Å². The first-order valence-corrected chi connectivity index (χ1v) is 10.2. The highest BCUT2D eigenvalue weighted by molar-refractivity contribution is 5.63. The fourth-order valence-electron chi connectivity index (χ4n) is 4.04. The molecule has 0 radical (unpaired) electrons. The topological polar surface area (TPSA) is 71.2 Å². The fourth-order valence-corrected chi connectivity index (χ4v) is 4.04. The third-order valence-corrected chi connectivity index (χ3v) is 5.89. The number of nitrogens with zero attached hydrogens (tertiary/aromatic N) is 6. The number of benzene rings is 1. The number of nitrogens with one attached hydrogen (secondary N) is 1. The molecule has 1 aliphatic heterocycles. The first kappa shape index (κ1) is 21.1. The maximum Gasteiger partial charge on any atom is 0.419 e. The first-order valence-electron chi connectivity index (χ1n) is 10.2.